The Morgan fingerprint density at radius 2 is 1.68 bits per heavy atom. The molecule has 0 aliphatic carbocycles. The van der Waals surface area contributed by atoms with Crippen molar-refractivity contribution in [3.05, 3.63) is 59.7 Å². The van der Waals surface area contributed by atoms with Crippen molar-refractivity contribution in [2.75, 3.05) is 10.6 Å². The summed E-state index contributed by atoms with van der Waals surface area (Å²) < 4.78 is 0. The molecular weight excluding hydrogens is 272 g/mol. The maximum absolute atomic E-state index is 12.0. The zero-order valence-corrected chi connectivity index (χ0v) is 13.4. The molecule has 0 saturated carbocycles. The highest BCUT2D eigenvalue weighted by atomic mass is 16.2. The summed E-state index contributed by atoms with van der Waals surface area (Å²) in [5.74, 6) is 0. The maximum Gasteiger partial charge on any atom is 0.323 e. The smallest absolute Gasteiger partial charge is 0.308 e. The van der Waals surface area contributed by atoms with Crippen molar-refractivity contribution in [2.45, 2.75) is 39.5 Å². The van der Waals surface area contributed by atoms with Gasteiger partial charge >= 0.3 is 6.03 Å². The van der Waals surface area contributed by atoms with E-state index >= 15 is 0 Å². The van der Waals surface area contributed by atoms with E-state index in [1.54, 1.807) is 0 Å². The number of hydrogen-bond acceptors (Lipinski definition) is 1. The lowest BCUT2D eigenvalue weighted by Gasteiger charge is -2.10. The van der Waals surface area contributed by atoms with Crippen molar-refractivity contribution in [3.63, 3.8) is 0 Å². The van der Waals surface area contributed by atoms with Gasteiger partial charge in [-0.2, -0.15) is 0 Å². The Hall–Kier alpha value is -2.29. The first-order valence-corrected chi connectivity index (χ1v) is 7.91. The van der Waals surface area contributed by atoms with Crippen LogP contribution in [0.5, 0.6) is 0 Å². The van der Waals surface area contributed by atoms with Crippen LogP contribution in [0.2, 0.25) is 0 Å². The summed E-state index contributed by atoms with van der Waals surface area (Å²) in [6, 6.07) is 15.6. The number of hydrogen-bond donors (Lipinski definition) is 2. The molecule has 0 radical (unpaired) electrons. The number of amides is 2. The number of nitrogens with one attached hydrogen (secondary N) is 2. The van der Waals surface area contributed by atoms with Crippen molar-refractivity contribution in [2.24, 2.45) is 0 Å². The van der Waals surface area contributed by atoms with Crippen LogP contribution in [0, 0.1) is 6.92 Å². The number of unbranched alkanes of at least 4 members (excludes halogenated alkanes) is 2. The average Bonchev–Trinajstić information content (AvgIpc) is 2.51. The van der Waals surface area contributed by atoms with Gasteiger partial charge in [0.15, 0.2) is 0 Å². The van der Waals surface area contributed by atoms with Gasteiger partial charge in [-0.3, -0.25) is 0 Å². The van der Waals surface area contributed by atoms with Crippen LogP contribution >= 0.6 is 0 Å². The van der Waals surface area contributed by atoms with Crippen molar-refractivity contribution in [1.82, 2.24) is 0 Å². The Kier molecular flexibility index (Phi) is 6.01. The fraction of sp³-hybridized carbons (Fsp3) is 0.316. The van der Waals surface area contributed by atoms with Crippen LogP contribution in [-0.2, 0) is 6.42 Å². The number of rotatable bonds is 6. The van der Waals surface area contributed by atoms with Gasteiger partial charge in [0, 0.05) is 11.4 Å². The molecule has 0 spiro atoms. The maximum atomic E-state index is 12.0. The van der Waals surface area contributed by atoms with Crippen LogP contribution in [-0.4, -0.2) is 6.03 Å². The molecule has 3 nitrogen and oxygen atoms in total. The van der Waals surface area contributed by atoms with E-state index in [2.05, 4.69) is 29.7 Å². The monoisotopic (exact) mass is 296 g/mol. The average molecular weight is 296 g/mol. The summed E-state index contributed by atoms with van der Waals surface area (Å²) in [4.78, 5) is 12.0. The molecule has 0 aliphatic heterocycles. The summed E-state index contributed by atoms with van der Waals surface area (Å²) in [6.07, 6.45) is 4.82. The highest BCUT2D eigenvalue weighted by Gasteiger charge is 2.04. The Labute approximate surface area is 132 Å². The zero-order valence-electron chi connectivity index (χ0n) is 13.4. The second-order valence-electron chi connectivity index (χ2n) is 5.55. The lowest BCUT2D eigenvalue weighted by atomic mass is 10.1. The molecule has 2 N–H and O–H groups in total. The van der Waals surface area contributed by atoms with E-state index in [1.807, 2.05) is 43.3 Å². The van der Waals surface area contributed by atoms with Crippen LogP contribution in [0.1, 0.15) is 37.3 Å². The molecule has 0 heterocycles. The van der Waals surface area contributed by atoms with Gasteiger partial charge in [0.1, 0.15) is 0 Å². The van der Waals surface area contributed by atoms with Gasteiger partial charge in [0.05, 0.1) is 0 Å². The number of urea groups is 1. The minimum atomic E-state index is -0.215. The summed E-state index contributed by atoms with van der Waals surface area (Å²) in [5, 5.41) is 5.73. The third kappa shape index (κ3) is 4.92. The third-order valence-corrected chi connectivity index (χ3v) is 3.67. The Morgan fingerprint density at radius 1 is 0.955 bits per heavy atom. The second-order valence-corrected chi connectivity index (χ2v) is 5.55. The van der Waals surface area contributed by atoms with Gasteiger partial charge in [-0.15, -0.1) is 0 Å². The molecule has 2 amide bonds. The van der Waals surface area contributed by atoms with Crippen LogP contribution < -0.4 is 10.6 Å². The summed E-state index contributed by atoms with van der Waals surface area (Å²) >= 11 is 0. The normalized spacial score (nSPS) is 10.3. The highest BCUT2D eigenvalue weighted by molar-refractivity contribution is 6.00. The highest BCUT2D eigenvalue weighted by Crippen LogP contribution is 2.15. The number of benzene rings is 2. The van der Waals surface area contributed by atoms with Gasteiger partial charge in [-0.25, -0.2) is 4.79 Å². The van der Waals surface area contributed by atoms with Gasteiger partial charge in [0.25, 0.3) is 0 Å². The first kappa shape index (κ1) is 16.1. The predicted molar refractivity (Wildman–Crippen MR) is 93.5 cm³/mol. The van der Waals surface area contributed by atoms with Crippen LogP contribution in [0.15, 0.2) is 48.5 Å². The number of carbonyl (C=O) groups is 1. The van der Waals surface area contributed by atoms with E-state index in [4.69, 9.17) is 0 Å². The number of carbonyl (C=O) groups excluding carboxylic acids is 1. The standard InChI is InChI=1S/C19H24N2O/c1-3-4-5-9-16-11-13-17(14-12-16)20-19(22)21-18-10-7-6-8-15(18)2/h6-8,10-14H,3-5,9H2,1-2H3,(H2,20,21,22). The molecular formula is C19H24N2O. The van der Waals surface area contributed by atoms with Crippen molar-refractivity contribution >= 4 is 17.4 Å². The van der Waals surface area contributed by atoms with Gasteiger partial charge < -0.3 is 10.6 Å². The van der Waals surface area contributed by atoms with E-state index in [1.165, 1.54) is 24.8 Å². The number of anilines is 2. The quantitative estimate of drug-likeness (QED) is 0.691. The van der Waals surface area contributed by atoms with E-state index in [0.717, 1.165) is 23.4 Å². The largest absolute Gasteiger partial charge is 0.323 e. The van der Waals surface area contributed by atoms with Crippen molar-refractivity contribution in [3.8, 4) is 0 Å². The molecule has 2 aromatic rings. The minimum Gasteiger partial charge on any atom is -0.308 e. The minimum absolute atomic E-state index is 0.215. The molecule has 3 heteroatoms. The second kappa shape index (κ2) is 8.23. The van der Waals surface area contributed by atoms with Crippen LogP contribution in [0.3, 0.4) is 0 Å². The SMILES string of the molecule is CCCCCc1ccc(NC(=O)Nc2ccccc2C)cc1. The van der Waals surface area contributed by atoms with Crippen LogP contribution in [0.25, 0.3) is 0 Å². The molecule has 0 aromatic heterocycles. The first-order chi connectivity index (χ1) is 10.7. The van der Waals surface area contributed by atoms with E-state index < -0.39 is 0 Å². The molecule has 0 bridgehead atoms. The number of para-hydroxylation sites is 1. The van der Waals surface area contributed by atoms with Crippen molar-refractivity contribution in [1.29, 1.82) is 0 Å². The topological polar surface area (TPSA) is 41.1 Å². The third-order valence-electron chi connectivity index (χ3n) is 3.67. The molecule has 0 atom stereocenters. The first-order valence-electron chi connectivity index (χ1n) is 7.91. The summed E-state index contributed by atoms with van der Waals surface area (Å²) in [5.41, 5.74) is 4.00. The predicted octanol–water partition coefficient (Wildman–Crippen LogP) is 5.37. The van der Waals surface area contributed by atoms with E-state index in [-0.39, 0.29) is 6.03 Å². The molecule has 2 aromatic carbocycles. The molecule has 0 fully saturated rings. The van der Waals surface area contributed by atoms with Gasteiger partial charge in [-0.05, 0) is 49.1 Å². The lowest BCUT2D eigenvalue weighted by Crippen LogP contribution is -2.19. The Balaban J connectivity index is 1.88. The van der Waals surface area contributed by atoms with Gasteiger partial charge in [0.2, 0.25) is 0 Å². The lowest BCUT2D eigenvalue weighted by molar-refractivity contribution is 0.262. The van der Waals surface area contributed by atoms with E-state index in [0.29, 0.717) is 0 Å². The molecule has 0 aliphatic rings. The Morgan fingerprint density at radius 3 is 2.36 bits per heavy atom. The van der Waals surface area contributed by atoms with Gasteiger partial charge in [-0.1, -0.05) is 50.1 Å². The molecule has 0 saturated heterocycles. The number of aryl methyl sites for hydroxylation is 2. The Bertz CT molecular complexity index is 605. The zero-order chi connectivity index (χ0) is 15.8. The van der Waals surface area contributed by atoms with Crippen LogP contribution in [0.4, 0.5) is 16.2 Å². The fourth-order valence-electron chi connectivity index (χ4n) is 2.33. The summed E-state index contributed by atoms with van der Waals surface area (Å²) in [7, 11) is 0. The van der Waals surface area contributed by atoms with E-state index in [9.17, 15) is 4.79 Å². The molecule has 22 heavy (non-hydrogen) atoms. The molecule has 2 rings (SSSR count). The molecule has 0 unspecified atom stereocenters. The fourth-order valence-corrected chi connectivity index (χ4v) is 2.33. The molecule has 116 valence electrons. The summed E-state index contributed by atoms with van der Waals surface area (Å²) in [6.45, 7) is 4.18. The van der Waals surface area contributed by atoms with Crippen molar-refractivity contribution < 1.29 is 4.79 Å².